The number of thiophene rings is 1. The fourth-order valence-electron chi connectivity index (χ4n) is 4.30. The van der Waals surface area contributed by atoms with Gasteiger partial charge in [0.05, 0.1) is 17.7 Å². The number of fused-ring (bicyclic) bond motifs is 1. The van der Waals surface area contributed by atoms with Gasteiger partial charge >= 0.3 is 5.97 Å². The van der Waals surface area contributed by atoms with Crippen molar-refractivity contribution in [3.8, 4) is 0 Å². The minimum absolute atomic E-state index is 0.101. The molecule has 0 atom stereocenters. The number of benzene rings is 2. The van der Waals surface area contributed by atoms with E-state index in [9.17, 15) is 9.59 Å². The maximum absolute atomic E-state index is 13.5. The summed E-state index contributed by atoms with van der Waals surface area (Å²) in [6.07, 6.45) is 8.32. The van der Waals surface area contributed by atoms with Crippen LogP contribution in [0.25, 0.3) is 0 Å². The minimum Gasteiger partial charge on any atom is -0.462 e. The van der Waals surface area contributed by atoms with Crippen LogP contribution in [0, 0.1) is 13.8 Å². The van der Waals surface area contributed by atoms with Crippen LogP contribution in [-0.4, -0.2) is 24.7 Å². The normalized spacial score (nSPS) is 13.7. The number of rotatable bonds is 6. The van der Waals surface area contributed by atoms with Crippen molar-refractivity contribution in [2.75, 3.05) is 11.9 Å². The van der Waals surface area contributed by atoms with Crippen molar-refractivity contribution in [1.29, 1.82) is 0 Å². The lowest BCUT2D eigenvalue weighted by Crippen LogP contribution is -2.14. The van der Waals surface area contributed by atoms with E-state index >= 15 is 0 Å². The molecule has 5 nitrogen and oxygen atoms in total. The average molecular weight is 489 g/mol. The number of anilines is 1. The van der Waals surface area contributed by atoms with Crippen molar-refractivity contribution in [3.63, 3.8) is 0 Å². The highest BCUT2D eigenvalue weighted by Crippen LogP contribution is 2.39. The number of carbonyl (C=O) groups excluding carboxylic acids is 2. The number of aliphatic imine (C=N–C) groups is 1. The highest BCUT2D eigenvalue weighted by molar-refractivity contribution is 7.16. The van der Waals surface area contributed by atoms with Gasteiger partial charge in [-0.1, -0.05) is 31.0 Å². The van der Waals surface area contributed by atoms with Gasteiger partial charge in [0, 0.05) is 16.8 Å². The molecule has 6 heteroatoms. The van der Waals surface area contributed by atoms with Crippen LogP contribution in [0.3, 0.4) is 0 Å². The van der Waals surface area contributed by atoms with Crippen LogP contribution in [0.2, 0.25) is 0 Å². The summed E-state index contributed by atoms with van der Waals surface area (Å²) >= 11 is 1.63. The van der Waals surface area contributed by atoms with Gasteiger partial charge in [-0.15, -0.1) is 11.3 Å². The summed E-state index contributed by atoms with van der Waals surface area (Å²) < 4.78 is 5.05. The quantitative estimate of drug-likeness (QED) is 0.295. The lowest BCUT2D eigenvalue weighted by atomic mass is 9.96. The van der Waals surface area contributed by atoms with Crippen LogP contribution in [0.5, 0.6) is 0 Å². The van der Waals surface area contributed by atoms with Crippen LogP contribution in [-0.2, 0) is 17.6 Å². The number of amides is 1. The Morgan fingerprint density at radius 2 is 1.74 bits per heavy atom. The molecule has 0 spiro atoms. The Hall–Kier alpha value is -3.25. The van der Waals surface area contributed by atoms with Crippen LogP contribution in [0.1, 0.15) is 80.5 Å². The van der Waals surface area contributed by atoms with Crippen LogP contribution < -0.4 is 5.32 Å². The Bertz CT molecular complexity index is 1240. The van der Waals surface area contributed by atoms with Gasteiger partial charge in [-0.2, -0.15) is 0 Å². The van der Waals surface area contributed by atoms with Gasteiger partial charge in [0.15, 0.2) is 0 Å². The van der Waals surface area contributed by atoms with Crippen molar-refractivity contribution in [3.05, 3.63) is 80.7 Å². The average Bonchev–Trinajstić information content (AvgIpc) is 3.17. The Morgan fingerprint density at radius 1 is 1.00 bits per heavy atom. The monoisotopic (exact) mass is 488 g/mol. The molecule has 2 aromatic carbocycles. The molecule has 0 radical (unpaired) electrons. The summed E-state index contributed by atoms with van der Waals surface area (Å²) in [6, 6.07) is 13.1. The fourth-order valence-corrected chi connectivity index (χ4v) is 5.53. The molecule has 1 aromatic heterocycles. The third kappa shape index (κ3) is 6.06. The number of aryl methyl sites for hydroxylation is 3. The molecule has 0 saturated carbocycles. The van der Waals surface area contributed by atoms with Crippen molar-refractivity contribution < 1.29 is 14.3 Å². The van der Waals surface area contributed by atoms with Crippen LogP contribution >= 0.6 is 11.3 Å². The maximum Gasteiger partial charge on any atom is 0.338 e. The van der Waals surface area contributed by atoms with Crippen LogP contribution in [0.4, 0.5) is 10.7 Å². The highest BCUT2D eigenvalue weighted by atomic mass is 32.1. The Labute approximate surface area is 211 Å². The zero-order valence-electron chi connectivity index (χ0n) is 20.6. The molecule has 1 N–H and O–H groups in total. The molecule has 182 valence electrons. The van der Waals surface area contributed by atoms with Gasteiger partial charge < -0.3 is 10.1 Å². The summed E-state index contributed by atoms with van der Waals surface area (Å²) in [4.78, 5) is 31.5. The summed E-state index contributed by atoms with van der Waals surface area (Å²) in [6.45, 7) is 6.25. The molecule has 1 aliphatic rings. The topological polar surface area (TPSA) is 67.8 Å². The Balaban J connectivity index is 1.64. The summed E-state index contributed by atoms with van der Waals surface area (Å²) in [7, 11) is 0. The Morgan fingerprint density at radius 3 is 2.46 bits per heavy atom. The molecule has 3 aromatic rings. The maximum atomic E-state index is 13.5. The molecular weight excluding hydrogens is 456 g/mol. The second-order valence-corrected chi connectivity index (χ2v) is 10.0. The summed E-state index contributed by atoms with van der Waals surface area (Å²) in [5.41, 5.74) is 6.37. The van der Waals surface area contributed by atoms with E-state index in [4.69, 9.17) is 9.73 Å². The van der Waals surface area contributed by atoms with E-state index in [1.807, 2.05) is 37.3 Å². The van der Waals surface area contributed by atoms with E-state index in [2.05, 4.69) is 12.2 Å². The van der Waals surface area contributed by atoms with E-state index in [-0.39, 0.29) is 11.9 Å². The number of nitrogens with zero attached hydrogens (tertiary/aromatic N) is 1. The van der Waals surface area contributed by atoms with Gasteiger partial charge in [0.2, 0.25) is 0 Å². The zero-order chi connectivity index (χ0) is 24.8. The predicted octanol–water partition coefficient (Wildman–Crippen LogP) is 7.20. The molecule has 1 amide bonds. The van der Waals surface area contributed by atoms with E-state index in [0.717, 1.165) is 53.1 Å². The number of esters is 1. The first-order valence-electron chi connectivity index (χ1n) is 12.3. The largest absolute Gasteiger partial charge is 0.462 e. The second-order valence-electron chi connectivity index (χ2n) is 8.95. The molecular formula is C29H32N2O3S. The molecule has 4 rings (SSSR count). The lowest BCUT2D eigenvalue weighted by Gasteiger charge is -2.12. The fraction of sp³-hybridized carbons (Fsp3) is 0.345. The number of hydrogen-bond donors (Lipinski definition) is 1. The predicted molar refractivity (Wildman–Crippen MR) is 144 cm³/mol. The molecule has 35 heavy (non-hydrogen) atoms. The van der Waals surface area contributed by atoms with Gasteiger partial charge in [0.1, 0.15) is 5.00 Å². The van der Waals surface area contributed by atoms with E-state index in [0.29, 0.717) is 17.7 Å². The molecule has 0 aliphatic heterocycles. The van der Waals surface area contributed by atoms with Crippen molar-refractivity contribution >= 4 is 40.1 Å². The van der Waals surface area contributed by atoms with Crippen molar-refractivity contribution in [2.24, 2.45) is 4.99 Å². The third-order valence-corrected chi connectivity index (χ3v) is 7.60. The third-order valence-electron chi connectivity index (χ3n) is 6.40. The smallest absolute Gasteiger partial charge is 0.338 e. The van der Waals surface area contributed by atoms with Gasteiger partial charge in [-0.05, 0) is 93.0 Å². The summed E-state index contributed by atoms with van der Waals surface area (Å²) in [5.74, 6) is -0.435. The Kier molecular flexibility index (Phi) is 8.13. The molecule has 1 aliphatic carbocycles. The van der Waals surface area contributed by atoms with Gasteiger partial charge in [-0.25, -0.2) is 9.79 Å². The molecule has 0 bridgehead atoms. The van der Waals surface area contributed by atoms with E-state index in [1.165, 1.54) is 23.3 Å². The molecule has 0 fully saturated rings. The van der Waals surface area contributed by atoms with Gasteiger partial charge in [0.25, 0.3) is 5.91 Å². The van der Waals surface area contributed by atoms with Crippen molar-refractivity contribution in [1.82, 2.24) is 0 Å². The molecule has 1 heterocycles. The lowest BCUT2D eigenvalue weighted by molar-refractivity contribution is 0.0526. The zero-order valence-corrected chi connectivity index (χ0v) is 21.5. The second kappa shape index (κ2) is 11.5. The highest BCUT2D eigenvalue weighted by Gasteiger charge is 2.24. The standard InChI is InChI=1S/C29H32N2O3S/c1-4-34-29(33)22-14-12-21(13-15-22)18-30-28-26(24-9-7-5-6-8-10-25(24)35-28)27(32)31-23-16-11-19(2)20(3)17-23/h11-18H,4-10H2,1-3H3,(H,31,32). The number of nitrogens with one attached hydrogen (secondary N) is 1. The van der Waals surface area contributed by atoms with E-state index < -0.39 is 0 Å². The number of ether oxygens (including phenoxy) is 1. The molecule has 0 saturated heterocycles. The first kappa shape index (κ1) is 24.9. The first-order valence-corrected chi connectivity index (χ1v) is 13.1. The number of carbonyl (C=O) groups is 2. The van der Waals surface area contributed by atoms with Crippen molar-refractivity contribution in [2.45, 2.75) is 59.3 Å². The van der Waals surface area contributed by atoms with E-state index in [1.54, 1.807) is 36.6 Å². The van der Waals surface area contributed by atoms with Gasteiger partial charge in [-0.3, -0.25) is 4.79 Å². The first-order chi connectivity index (χ1) is 17.0. The van der Waals surface area contributed by atoms with Crippen LogP contribution in [0.15, 0.2) is 47.5 Å². The number of hydrogen-bond acceptors (Lipinski definition) is 5. The minimum atomic E-state index is -0.334. The SMILES string of the molecule is CCOC(=O)c1ccc(C=Nc2sc3c(c2C(=O)Nc2ccc(C)c(C)c2)CCCCCC3)cc1. The molecule has 0 unspecified atom stereocenters. The summed E-state index contributed by atoms with van der Waals surface area (Å²) in [5, 5.41) is 3.85.